The summed E-state index contributed by atoms with van der Waals surface area (Å²) in [7, 11) is -0.596. The maximum atomic E-state index is 11.9. The Kier molecular flexibility index (Phi) is 6.81. The summed E-state index contributed by atoms with van der Waals surface area (Å²) in [6, 6.07) is 5.56. The van der Waals surface area contributed by atoms with Crippen molar-refractivity contribution in [3.8, 4) is 5.75 Å². The standard InChI is InChI=1S/C17H29N3O4S/c1-13-5-6-15(11-14(13)2)24-10-9-20-8-7-16(17(21)12-20)18-25(22,23)19(3)4/h5-6,11,16-18,21H,7-10,12H2,1-4H3. The predicted molar refractivity (Wildman–Crippen MR) is 98.0 cm³/mol. The van der Waals surface area contributed by atoms with Gasteiger partial charge in [-0.05, 0) is 50.1 Å². The van der Waals surface area contributed by atoms with E-state index in [1.54, 1.807) is 0 Å². The van der Waals surface area contributed by atoms with Crippen LogP contribution in [0.25, 0.3) is 0 Å². The fourth-order valence-corrected chi connectivity index (χ4v) is 3.60. The van der Waals surface area contributed by atoms with Crippen molar-refractivity contribution in [1.82, 2.24) is 13.9 Å². The van der Waals surface area contributed by atoms with E-state index < -0.39 is 22.4 Å². The maximum absolute atomic E-state index is 11.9. The van der Waals surface area contributed by atoms with E-state index in [1.165, 1.54) is 25.2 Å². The van der Waals surface area contributed by atoms with E-state index in [0.717, 1.165) is 10.1 Å². The van der Waals surface area contributed by atoms with Gasteiger partial charge in [0.1, 0.15) is 12.4 Å². The number of β-amino-alcohol motifs (C(OH)–C–C–N with tert-alkyl or cyclic N) is 1. The Balaban J connectivity index is 1.78. The molecule has 0 spiro atoms. The number of likely N-dealkylation sites (tertiary alicyclic amines) is 1. The number of benzene rings is 1. The quantitative estimate of drug-likeness (QED) is 0.730. The van der Waals surface area contributed by atoms with Crippen LogP contribution in [0.2, 0.25) is 0 Å². The van der Waals surface area contributed by atoms with E-state index >= 15 is 0 Å². The first-order valence-corrected chi connectivity index (χ1v) is 9.93. The van der Waals surface area contributed by atoms with Gasteiger partial charge < -0.3 is 9.84 Å². The lowest BCUT2D eigenvalue weighted by atomic mass is 10.0. The fourth-order valence-electron chi connectivity index (χ4n) is 2.73. The number of ether oxygens (including phenoxy) is 1. The van der Waals surface area contributed by atoms with E-state index in [9.17, 15) is 13.5 Å². The Bertz CT molecular complexity index is 678. The van der Waals surface area contributed by atoms with Crippen molar-refractivity contribution in [3.63, 3.8) is 0 Å². The van der Waals surface area contributed by atoms with Crippen LogP contribution in [0.15, 0.2) is 18.2 Å². The first-order chi connectivity index (χ1) is 11.7. The molecule has 1 aromatic rings. The van der Waals surface area contributed by atoms with Gasteiger partial charge in [0.15, 0.2) is 0 Å². The Morgan fingerprint density at radius 2 is 2.04 bits per heavy atom. The molecule has 0 radical (unpaired) electrons. The van der Waals surface area contributed by atoms with Gasteiger partial charge >= 0.3 is 0 Å². The zero-order valence-electron chi connectivity index (χ0n) is 15.4. The molecule has 142 valence electrons. The highest BCUT2D eigenvalue weighted by Crippen LogP contribution is 2.17. The summed E-state index contributed by atoms with van der Waals surface area (Å²) in [6.45, 7) is 6.48. The SMILES string of the molecule is Cc1ccc(OCCN2CCC(NS(=O)(=O)N(C)C)C(O)C2)cc1C. The number of hydrogen-bond acceptors (Lipinski definition) is 5. The highest BCUT2D eigenvalue weighted by atomic mass is 32.2. The molecular formula is C17H29N3O4S. The van der Waals surface area contributed by atoms with Gasteiger partial charge in [0, 0.05) is 27.2 Å². The molecule has 1 aliphatic heterocycles. The minimum atomic E-state index is -3.53. The number of aliphatic hydroxyl groups excluding tert-OH is 1. The average Bonchev–Trinajstić information content (AvgIpc) is 2.53. The summed E-state index contributed by atoms with van der Waals surface area (Å²) in [5.41, 5.74) is 2.43. The largest absolute Gasteiger partial charge is 0.492 e. The Morgan fingerprint density at radius 3 is 2.64 bits per heavy atom. The summed E-state index contributed by atoms with van der Waals surface area (Å²) >= 11 is 0. The van der Waals surface area contributed by atoms with Crippen molar-refractivity contribution >= 4 is 10.2 Å². The average molecular weight is 372 g/mol. The smallest absolute Gasteiger partial charge is 0.279 e. The molecule has 25 heavy (non-hydrogen) atoms. The molecule has 1 aliphatic rings. The number of hydrogen-bond donors (Lipinski definition) is 2. The molecule has 0 aromatic heterocycles. The molecule has 8 heteroatoms. The summed E-state index contributed by atoms with van der Waals surface area (Å²) < 4.78 is 33.2. The molecule has 0 amide bonds. The molecule has 0 aliphatic carbocycles. The fraction of sp³-hybridized carbons (Fsp3) is 0.647. The van der Waals surface area contributed by atoms with Crippen LogP contribution in [0.5, 0.6) is 5.75 Å². The molecule has 0 saturated carbocycles. The molecule has 1 saturated heterocycles. The third kappa shape index (κ3) is 5.65. The second-order valence-corrected chi connectivity index (χ2v) is 8.68. The first kappa shape index (κ1) is 20.1. The van der Waals surface area contributed by atoms with Crippen molar-refractivity contribution in [1.29, 1.82) is 0 Å². The number of aryl methyl sites for hydroxylation is 2. The third-order valence-electron chi connectivity index (χ3n) is 4.60. The van der Waals surface area contributed by atoms with Gasteiger partial charge in [-0.25, -0.2) is 0 Å². The Labute approximate surface area is 150 Å². The number of nitrogens with one attached hydrogen (secondary N) is 1. The number of aliphatic hydroxyl groups is 1. The molecular weight excluding hydrogens is 342 g/mol. The van der Waals surface area contributed by atoms with Crippen molar-refractivity contribution in [2.45, 2.75) is 32.4 Å². The van der Waals surface area contributed by atoms with Crippen LogP contribution in [-0.2, 0) is 10.2 Å². The van der Waals surface area contributed by atoms with Crippen molar-refractivity contribution in [2.75, 3.05) is 40.3 Å². The van der Waals surface area contributed by atoms with Crippen LogP contribution in [0, 0.1) is 13.8 Å². The first-order valence-electron chi connectivity index (χ1n) is 8.49. The molecule has 2 unspecified atom stereocenters. The number of piperidine rings is 1. The van der Waals surface area contributed by atoms with E-state index in [0.29, 0.717) is 32.7 Å². The van der Waals surface area contributed by atoms with Crippen molar-refractivity contribution in [3.05, 3.63) is 29.3 Å². The number of rotatable bonds is 7. The summed E-state index contributed by atoms with van der Waals surface area (Å²) in [6.07, 6.45) is -0.164. The lowest BCUT2D eigenvalue weighted by Crippen LogP contribution is -2.56. The molecule has 2 atom stereocenters. The van der Waals surface area contributed by atoms with Gasteiger partial charge in [-0.15, -0.1) is 0 Å². The van der Waals surface area contributed by atoms with E-state index in [1.807, 2.05) is 18.2 Å². The second kappa shape index (κ2) is 8.46. The van der Waals surface area contributed by atoms with Crippen LogP contribution in [0.1, 0.15) is 17.5 Å². The van der Waals surface area contributed by atoms with Crippen LogP contribution in [0.4, 0.5) is 0 Å². The minimum Gasteiger partial charge on any atom is -0.492 e. The van der Waals surface area contributed by atoms with Gasteiger partial charge in [-0.2, -0.15) is 17.4 Å². The minimum absolute atomic E-state index is 0.427. The van der Waals surface area contributed by atoms with Crippen LogP contribution < -0.4 is 9.46 Å². The van der Waals surface area contributed by atoms with Gasteiger partial charge in [-0.3, -0.25) is 4.90 Å². The second-order valence-electron chi connectivity index (χ2n) is 6.76. The zero-order chi connectivity index (χ0) is 18.6. The molecule has 2 N–H and O–H groups in total. The lowest BCUT2D eigenvalue weighted by molar-refractivity contribution is 0.0419. The van der Waals surface area contributed by atoms with Crippen molar-refractivity contribution < 1.29 is 18.3 Å². The highest BCUT2D eigenvalue weighted by Gasteiger charge is 2.31. The lowest BCUT2D eigenvalue weighted by Gasteiger charge is -2.36. The highest BCUT2D eigenvalue weighted by molar-refractivity contribution is 7.87. The summed E-state index contributed by atoms with van der Waals surface area (Å²) in [4.78, 5) is 2.09. The van der Waals surface area contributed by atoms with Gasteiger partial charge in [0.2, 0.25) is 0 Å². The van der Waals surface area contributed by atoms with E-state index in [4.69, 9.17) is 4.74 Å². The summed E-state index contributed by atoms with van der Waals surface area (Å²) in [5, 5.41) is 10.2. The van der Waals surface area contributed by atoms with Crippen LogP contribution in [0.3, 0.4) is 0 Å². The van der Waals surface area contributed by atoms with E-state index in [-0.39, 0.29) is 0 Å². The monoisotopic (exact) mass is 371 g/mol. The molecule has 1 aromatic carbocycles. The normalized spacial score (nSPS) is 22.3. The maximum Gasteiger partial charge on any atom is 0.279 e. The van der Waals surface area contributed by atoms with Crippen LogP contribution in [-0.4, -0.2) is 75.2 Å². The van der Waals surface area contributed by atoms with Crippen molar-refractivity contribution in [2.24, 2.45) is 0 Å². The van der Waals surface area contributed by atoms with Gasteiger partial charge in [0.05, 0.1) is 12.1 Å². The van der Waals surface area contributed by atoms with E-state index in [2.05, 4.69) is 23.5 Å². The molecule has 0 bridgehead atoms. The van der Waals surface area contributed by atoms with Gasteiger partial charge in [-0.1, -0.05) is 6.07 Å². The zero-order valence-corrected chi connectivity index (χ0v) is 16.2. The Morgan fingerprint density at radius 1 is 1.32 bits per heavy atom. The Hall–Kier alpha value is -1.19. The summed E-state index contributed by atoms with van der Waals surface area (Å²) in [5.74, 6) is 0.845. The van der Waals surface area contributed by atoms with Crippen LogP contribution >= 0.6 is 0 Å². The molecule has 7 nitrogen and oxygen atoms in total. The topological polar surface area (TPSA) is 82.1 Å². The van der Waals surface area contributed by atoms with Gasteiger partial charge in [0.25, 0.3) is 10.2 Å². The number of nitrogens with zero attached hydrogens (tertiary/aromatic N) is 2. The predicted octanol–water partition coefficient (Wildman–Crippen LogP) is 0.513. The molecule has 1 fully saturated rings. The molecule has 2 rings (SSSR count). The molecule has 1 heterocycles. The third-order valence-corrected chi connectivity index (χ3v) is 6.16.